The summed E-state index contributed by atoms with van der Waals surface area (Å²) < 4.78 is 12.7. The van der Waals surface area contributed by atoms with E-state index in [-0.39, 0.29) is 54.3 Å². The molecule has 2 bridgehead atoms. The van der Waals surface area contributed by atoms with Gasteiger partial charge in [-0.1, -0.05) is 6.92 Å². The Bertz CT molecular complexity index is 525. The minimum absolute atomic E-state index is 0.0154. The summed E-state index contributed by atoms with van der Waals surface area (Å²) >= 11 is 6.66. The number of carbonyl (C=O) groups excluding carboxylic acids is 1. The van der Waals surface area contributed by atoms with Crippen molar-refractivity contribution in [3.63, 3.8) is 0 Å². The number of carbonyl (C=O) groups is 1. The number of halogens is 1. The molecule has 8 heteroatoms. The lowest BCUT2D eigenvalue weighted by atomic mass is 9.97. The van der Waals surface area contributed by atoms with Gasteiger partial charge in [0.1, 0.15) is 18.6 Å². The third kappa shape index (κ3) is 3.56. The van der Waals surface area contributed by atoms with Crippen molar-refractivity contribution in [1.29, 1.82) is 0 Å². The Kier molecular flexibility index (Phi) is 5.62. The molecule has 0 aliphatic carbocycles. The molecule has 148 valence electrons. The van der Waals surface area contributed by atoms with Gasteiger partial charge in [-0.2, -0.15) is 0 Å². The van der Waals surface area contributed by atoms with Gasteiger partial charge in [0.15, 0.2) is 0 Å². The average Bonchev–Trinajstić information content (AvgIpc) is 2.96. The molecule has 0 aromatic rings. The van der Waals surface area contributed by atoms with Crippen molar-refractivity contribution in [3.05, 3.63) is 0 Å². The van der Waals surface area contributed by atoms with Gasteiger partial charge in [-0.3, -0.25) is 15.5 Å². The van der Waals surface area contributed by atoms with Crippen LogP contribution in [0.3, 0.4) is 0 Å². The maximum Gasteiger partial charge on any atom is 0.320 e. The largest absolute Gasteiger partial charge is 0.373 e. The van der Waals surface area contributed by atoms with Gasteiger partial charge in [0, 0.05) is 0 Å². The third-order valence-electron chi connectivity index (χ3n) is 6.17. The summed E-state index contributed by atoms with van der Waals surface area (Å²) in [5, 5.41) is 9.86. The predicted octanol–water partition coefficient (Wildman–Crippen LogP) is 1.71. The van der Waals surface area contributed by atoms with Crippen molar-refractivity contribution in [1.82, 2.24) is 20.9 Å². The predicted molar refractivity (Wildman–Crippen MR) is 98.9 cm³/mol. The normalized spacial score (nSPS) is 46.7. The van der Waals surface area contributed by atoms with Crippen LogP contribution in [0.15, 0.2) is 0 Å². The van der Waals surface area contributed by atoms with Crippen molar-refractivity contribution in [2.24, 2.45) is 0 Å². The summed E-state index contributed by atoms with van der Waals surface area (Å²) in [6, 6.07) is -0.138. The molecule has 4 aliphatic rings. The number of piperidine rings is 2. The number of hydrogen-bond acceptors (Lipinski definition) is 5. The van der Waals surface area contributed by atoms with E-state index in [0.29, 0.717) is 0 Å². The van der Waals surface area contributed by atoms with Gasteiger partial charge in [0.05, 0.1) is 29.7 Å². The molecular formula is C18H31ClN4O3. The lowest BCUT2D eigenvalue weighted by molar-refractivity contribution is -0.110. The molecule has 4 aliphatic heterocycles. The van der Waals surface area contributed by atoms with Crippen LogP contribution in [0.1, 0.15) is 52.4 Å². The fourth-order valence-electron chi connectivity index (χ4n) is 4.76. The van der Waals surface area contributed by atoms with Gasteiger partial charge in [-0.05, 0) is 52.0 Å². The molecule has 8 atom stereocenters. The van der Waals surface area contributed by atoms with Gasteiger partial charge in [-0.25, -0.2) is 4.79 Å². The lowest BCUT2D eigenvalue weighted by Crippen LogP contribution is -2.66. The highest BCUT2D eigenvalue weighted by Gasteiger charge is 2.52. The quantitative estimate of drug-likeness (QED) is 0.598. The number of amides is 2. The molecule has 4 heterocycles. The summed E-state index contributed by atoms with van der Waals surface area (Å²) in [4.78, 5) is 14.7. The van der Waals surface area contributed by atoms with E-state index in [1.165, 1.54) is 0 Å². The average molecular weight is 387 g/mol. The van der Waals surface area contributed by atoms with Crippen LogP contribution in [0, 0.1) is 0 Å². The first-order valence-corrected chi connectivity index (χ1v) is 10.5. The molecule has 7 unspecified atom stereocenters. The van der Waals surface area contributed by atoms with Crippen molar-refractivity contribution in [2.75, 3.05) is 6.54 Å². The summed E-state index contributed by atoms with van der Waals surface area (Å²) in [7, 11) is 0. The minimum atomic E-state index is -0.247. The van der Waals surface area contributed by atoms with E-state index in [1.807, 2.05) is 4.90 Å². The van der Waals surface area contributed by atoms with Crippen LogP contribution in [0.25, 0.3) is 0 Å². The Hall–Kier alpha value is -0.600. The molecule has 4 rings (SSSR count). The Morgan fingerprint density at radius 2 is 2.04 bits per heavy atom. The van der Waals surface area contributed by atoms with E-state index in [9.17, 15) is 4.79 Å². The SMILES string of the molecule is CCC1CC[C@@H](C)OC2CCNC3NC(=O)N(C4NC(CCC4Cl)O1)C32. The molecule has 2 amide bonds. The second-order valence-corrected chi connectivity index (χ2v) is 8.55. The first-order valence-electron chi connectivity index (χ1n) is 10.1. The zero-order valence-corrected chi connectivity index (χ0v) is 16.4. The van der Waals surface area contributed by atoms with E-state index in [1.54, 1.807) is 0 Å². The Morgan fingerprint density at radius 1 is 1.19 bits per heavy atom. The van der Waals surface area contributed by atoms with Gasteiger partial charge in [0.2, 0.25) is 0 Å². The zero-order valence-electron chi connectivity index (χ0n) is 15.6. The van der Waals surface area contributed by atoms with Gasteiger partial charge in [-0.15, -0.1) is 11.6 Å². The summed E-state index contributed by atoms with van der Waals surface area (Å²) in [6.07, 6.45) is 5.50. The molecule has 0 aromatic carbocycles. The maximum atomic E-state index is 12.8. The van der Waals surface area contributed by atoms with Gasteiger partial charge >= 0.3 is 6.03 Å². The summed E-state index contributed by atoms with van der Waals surface area (Å²) in [6.45, 7) is 5.14. The fraction of sp³-hybridized carbons (Fsp3) is 0.944. The van der Waals surface area contributed by atoms with Gasteiger partial charge in [0.25, 0.3) is 0 Å². The minimum Gasteiger partial charge on any atom is -0.373 e. The highest BCUT2D eigenvalue weighted by molar-refractivity contribution is 6.21. The van der Waals surface area contributed by atoms with E-state index in [2.05, 4.69) is 29.8 Å². The molecule has 4 saturated heterocycles. The molecule has 0 spiro atoms. The van der Waals surface area contributed by atoms with E-state index >= 15 is 0 Å². The molecular weight excluding hydrogens is 356 g/mol. The lowest BCUT2D eigenvalue weighted by Gasteiger charge is -2.46. The van der Waals surface area contributed by atoms with Crippen molar-refractivity contribution in [2.45, 2.75) is 101 Å². The number of ether oxygens (including phenoxy) is 2. The van der Waals surface area contributed by atoms with Crippen LogP contribution in [-0.4, -0.2) is 65.8 Å². The first kappa shape index (κ1) is 18.7. The van der Waals surface area contributed by atoms with E-state index < -0.39 is 0 Å². The molecule has 3 N–H and O–H groups in total. The number of rotatable bonds is 1. The number of nitrogens with zero attached hydrogens (tertiary/aromatic N) is 1. The Balaban J connectivity index is 1.64. The van der Waals surface area contributed by atoms with Crippen LogP contribution in [0.2, 0.25) is 0 Å². The highest BCUT2D eigenvalue weighted by atomic mass is 35.5. The first-order chi connectivity index (χ1) is 12.6. The molecule has 0 aromatic heterocycles. The molecule has 26 heavy (non-hydrogen) atoms. The highest BCUT2D eigenvalue weighted by Crippen LogP contribution is 2.32. The van der Waals surface area contributed by atoms with Crippen LogP contribution >= 0.6 is 11.6 Å². The van der Waals surface area contributed by atoms with Crippen LogP contribution < -0.4 is 16.0 Å². The molecule has 0 radical (unpaired) electrons. The zero-order chi connectivity index (χ0) is 18.3. The number of alkyl halides is 1. The fourth-order valence-corrected chi connectivity index (χ4v) is 5.08. The van der Waals surface area contributed by atoms with E-state index in [0.717, 1.165) is 45.1 Å². The topological polar surface area (TPSA) is 74.9 Å². The Labute approximate surface area is 160 Å². The number of nitrogens with one attached hydrogen (secondary N) is 3. The molecule has 4 fully saturated rings. The molecule has 0 saturated carbocycles. The van der Waals surface area contributed by atoms with Crippen molar-refractivity contribution in [3.8, 4) is 0 Å². The van der Waals surface area contributed by atoms with Crippen molar-refractivity contribution < 1.29 is 14.3 Å². The van der Waals surface area contributed by atoms with Gasteiger partial charge < -0.3 is 14.8 Å². The van der Waals surface area contributed by atoms with Crippen molar-refractivity contribution >= 4 is 17.6 Å². The number of hydrogen-bond donors (Lipinski definition) is 3. The summed E-state index contributed by atoms with van der Waals surface area (Å²) in [5.41, 5.74) is 0. The third-order valence-corrected chi connectivity index (χ3v) is 6.63. The van der Waals surface area contributed by atoms with Crippen LogP contribution in [0.5, 0.6) is 0 Å². The Morgan fingerprint density at radius 3 is 2.85 bits per heavy atom. The monoisotopic (exact) mass is 386 g/mol. The van der Waals surface area contributed by atoms with Crippen LogP contribution in [-0.2, 0) is 9.47 Å². The number of urea groups is 1. The van der Waals surface area contributed by atoms with E-state index in [4.69, 9.17) is 21.1 Å². The smallest absolute Gasteiger partial charge is 0.320 e. The number of fused-ring (bicyclic) bond motifs is 3. The molecule has 7 nitrogen and oxygen atoms in total. The second kappa shape index (κ2) is 7.80. The summed E-state index contributed by atoms with van der Waals surface area (Å²) in [5.74, 6) is 0. The maximum absolute atomic E-state index is 12.8. The second-order valence-electron chi connectivity index (χ2n) is 7.99. The standard InChI is InChI=1S/C18H31ClN4O3/c1-3-11-5-4-10(2)25-13-8-9-20-16-15(13)23(18(24)22-16)17-12(19)6-7-14(21-17)26-11/h10-17,20-21H,3-9H2,1-2H3,(H,22,24)/t10-,11?,12?,13?,14?,15?,16?,17?/m1/s1. The van der Waals surface area contributed by atoms with Crippen LogP contribution in [0.4, 0.5) is 4.79 Å².